The van der Waals surface area contributed by atoms with Crippen molar-refractivity contribution < 1.29 is 19.0 Å². The molecule has 6 nitrogen and oxygen atoms in total. The molecule has 116 valence electrons. The first kappa shape index (κ1) is 16.7. The molecule has 0 heterocycles. The minimum atomic E-state index is -0.0326. The van der Waals surface area contributed by atoms with Crippen LogP contribution >= 0.6 is 0 Å². The highest BCUT2D eigenvalue weighted by molar-refractivity contribution is 5.76. The van der Waals surface area contributed by atoms with Gasteiger partial charge in [-0.15, -0.1) is 6.58 Å². The highest BCUT2D eigenvalue weighted by atomic mass is 16.5. The topological polar surface area (TPSA) is 68.8 Å². The molecule has 2 N–H and O–H groups in total. The summed E-state index contributed by atoms with van der Waals surface area (Å²) >= 11 is 0. The molecular formula is C15H22N2O4. The highest BCUT2D eigenvalue weighted by Gasteiger charge is 2.13. The van der Waals surface area contributed by atoms with Gasteiger partial charge in [-0.2, -0.15) is 0 Å². The first-order chi connectivity index (χ1) is 10.2. The molecule has 0 aliphatic carbocycles. The Bertz CT molecular complexity index is 464. The van der Waals surface area contributed by atoms with Crippen LogP contribution in [-0.4, -0.2) is 40.3 Å². The van der Waals surface area contributed by atoms with E-state index in [1.54, 1.807) is 39.5 Å². The van der Waals surface area contributed by atoms with E-state index in [9.17, 15) is 4.79 Å². The molecule has 21 heavy (non-hydrogen) atoms. The summed E-state index contributed by atoms with van der Waals surface area (Å²) in [4.78, 5) is 11.5. The number of carbonyl (C=O) groups is 1. The molecule has 0 atom stereocenters. The Morgan fingerprint density at radius 1 is 1.19 bits per heavy atom. The lowest BCUT2D eigenvalue weighted by Gasteiger charge is -2.15. The van der Waals surface area contributed by atoms with Gasteiger partial charge >= 0.3 is 0 Å². The zero-order valence-corrected chi connectivity index (χ0v) is 12.7. The third-order valence-corrected chi connectivity index (χ3v) is 2.79. The number of anilines is 1. The average Bonchev–Trinajstić information content (AvgIpc) is 2.51. The van der Waals surface area contributed by atoms with Crippen molar-refractivity contribution in [3.8, 4) is 17.2 Å². The predicted octanol–water partition coefficient (Wildman–Crippen LogP) is 1.82. The lowest BCUT2D eigenvalue weighted by Crippen LogP contribution is -2.25. The molecular weight excluding hydrogens is 272 g/mol. The summed E-state index contributed by atoms with van der Waals surface area (Å²) in [7, 11) is 4.67. The van der Waals surface area contributed by atoms with Crippen LogP contribution in [0.15, 0.2) is 24.8 Å². The third kappa shape index (κ3) is 4.91. The van der Waals surface area contributed by atoms with Crippen LogP contribution in [0.25, 0.3) is 0 Å². The molecule has 1 aromatic carbocycles. The van der Waals surface area contributed by atoms with Crippen LogP contribution in [0.4, 0.5) is 5.69 Å². The summed E-state index contributed by atoms with van der Waals surface area (Å²) in [5.41, 5.74) is 0.793. The molecule has 0 saturated heterocycles. The summed E-state index contributed by atoms with van der Waals surface area (Å²) in [5, 5.41) is 5.87. The molecule has 0 fully saturated rings. The van der Waals surface area contributed by atoms with Gasteiger partial charge < -0.3 is 24.8 Å². The number of ether oxygens (including phenoxy) is 3. The van der Waals surface area contributed by atoms with E-state index in [-0.39, 0.29) is 5.91 Å². The summed E-state index contributed by atoms with van der Waals surface area (Å²) in [6.45, 7) is 4.52. The predicted molar refractivity (Wildman–Crippen MR) is 82.4 cm³/mol. The second kappa shape index (κ2) is 8.73. The van der Waals surface area contributed by atoms with Crippen molar-refractivity contribution in [2.24, 2.45) is 0 Å². The fourth-order valence-corrected chi connectivity index (χ4v) is 1.78. The Labute approximate surface area is 125 Å². The van der Waals surface area contributed by atoms with Crippen molar-refractivity contribution in [2.75, 3.05) is 39.7 Å². The maximum atomic E-state index is 11.5. The number of rotatable bonds is 9. The standard InChI is InChI=1S/C15H22N2O4/c1-5-7-17-14(18)6-8-16-11-9-12(19-2)15(21-4)13(10-11)20-3/h5,9-10,16H,1,6-8H2,2-4H3,(H,17,18). The molecule has 0 unspecified atom stereocenters. The SMILES string of the molecule is C=CCNC(=O)CCNc1cc(OC)c(OC)c(OC)c1. The van der Waals surface area contributed by atoms with Gasteiger partial charge in [-0.25, -0.2) is 0 Å². The van der Waals surface area contributed by atoms with E-state index in [0.717, 1.165) is 5.69 Å². The van der Waals surface area contributed by atoms with Gasteiger partial charge in [0.15, 0.2) is 11.5 Å². The zero-order valence-electron chi connectivity index (χ0n) is 12.7. The van der Waals surface area contributed by atoms with Crippen LogP contribution in [0.3, 0.4) is 0 Å². The van der Waals surface area contributed by atoms with Crippen molar-refractivity contribution in [2.45, 2.75) is 6.42 Å². The minimum absolute atomic E-state index is 0.0326. The number of carbonyl (C=O) groups excluding carboxylic acids is 1. The molecule has 0 radical (unpaired) electrons. The van der Waals surface area contributed by atoms with Crippen molar-refractivity contribution >= 4 is 11.6 Å². The van der Waals surface area contributed by atoms with Crippen LogP contribution in [0.1, 0.15) is 6.42 Å². The fraction of sp³-hybridized carbons (Fsp3) is 0.400. The summed E-state index contributed by atoms with van der Waals surface area (Å²) in [6.07, 6.45) is 2.01. The van der Waals surface area contributed by atoms with Crippen LogP contribution in [0.2, 0.25) is 0 Å². The first-order valence-corrected chi connectivity index (χ1v) is 6.57. The summed E-state index contributed by atoms with van der Waals surface area (Å²) < 4.78 is 15.8. The van der Waals surface area contributed by atoms with Gasteiger partial charge in [0.05, 0.1) is 21.3 Å². The molecule has 0 aromatic heterocycles. The van der Waals surface area contributed by atoms with Gasteiger partial charge in [-0.05, 0) is 0 Å². The highest BCUT2D eigenvalue weighted by Crippen LogP contribution is 2.39. The van der Waals surface area contributed by atoms with Crippen LogP contribution in [-0.2, 0) is 4.79 Å². The number of nitrogens with one attached hydrogen (secondary N) is 2. The van der Waals surface area contributed by atoms with Crippen LogP contribution < -0.4 is 24.8 Å². The number of benzene rings is 1. The van der Waals surface area contributed by atoms with Crippen LogP contribution in [0.5, 0.6) is 17.2 Å². The number of amides is 1. The second-order valence-corrected chi connectivity index (χ2v) is 4.18. The van der Waals surface area contributed by atoms with Crippen molar-refractivity contribution in [1.82, 2.24) is 5.32 Å². The van der Waals surface area contributed by atoms with Crippen LogP contribution in [0, 0.1) is 0 Å². The normalized spacial score (nSPS) is 9.67. The molecule has 0 aliphatic heterocycles. The molecule has 6 heteroatoms. The van der Waals surface area contributed by atoms with E-state index in [1.165, 1.54) is 0 Å². The smallest absolute Gasteiger partial charge is 0.222 e. The van der Waals surface area contributed by atoms with E-state index in [1.807, 2.05) is 0 Å². The van der Waals surface area contributed by atoms with E-state index >= 15 is 0 Å². The number of hydrogen-bond acceptors (Lipinski definition) is 5. The van der Waals surface area contributed by atoms with Crippen molar-refractivity contribution in [3.63, 3.8) is 0 Å². The lowest BCUT2D eigenvalue weighted by molar-refractivity contribution is -0.120. The molecule has 1 aromatic rings. The Balaban J connectivity index is 2.67. The Hall–Kier alpha value is -2.37. The lowest BCUT2D eigenvalue weighted by atomic mass is 10.2. The van der Waals surface area contributed by atoms with E-state index in [2.05, 4.69) is 17.2 Å². The van der Waals surface area contributed by atoms with E-state index in [4.69, 9.17) is 14.2 Å². The second-order valence-electron chi connectivity index (χ2n) is 4.18. The molecule has 0 aliphatic rings. The zero-order chi connectivity index (χ0) is 15.7. The van der Waals surface area contributed by atoms with Crippen molar-refractivity contribution in [1.29, 1.82) is 0 Å². The van der Waals surface area contributed by atoms with Gasteiger partial charge in [0, 0.05) is 37.3 Å². The molecule has 1 amide bonds. The number of methoxy groups -OCH3 is 3. The number of hydrogen-bond donors (Lipinski definition) is 2. The van der Waals surface area contributed by atoms with Gasteiger partial charge in [-0.3, -0.25) is 4.79 Å². The molecule has 0 saturated carbocycles. The molecule has 0 bridgehead atoms. The largest absolute Gasteiger partial charge is 0.493 e. The summed E-state index contributed by atoms with van der Waals surface area (Å²) in [6, 6.07) is 3.59. The quantitative estimate of drug-likeness (QED) is 0.680. The Kier molecular flexibility index (Phi) is 6.94. The fourth-order valence-electron chi connectivity index (χ4n) is 1.78. The molecule has 0 spiro atoms. The van der Waals surface area contributed by atoms with Gasteiger partial charge in [-0.1, -0.05) is 6.08 Å². The first-order valence-electron chi connectivity index (χ1n) is 6.57. The van der Waals surface area contributed by atoms with Crippen molar-refractivity contribution in [3.05, 3.63) is 24.8 Å². The Morgan fingerprint density at radius 3 is 2.29 bits per heavy atom. The van der Waals surface area contributed by atoms with Gasteiger partial charge in [0.1, 0.15) is 0 Å². The minimum Gasteiger partial charge on any atom is -0.493 e. The van der Waals surface area contributed by atoms with E-state index < -0.39 is 0 Å². The monoisotopic (exact) mass is 294 g/mol. The van der Waals surface area contributed by atoms with Gasteiger partial charge in [0.25, 0.3) is 0 Å². The summed E-state index contributed by atoms with van der Waals surface area (Å²) in [5.74, 6) is 1.63. The molecule has 1 rings (SSSR count). The van der Waals surface area contributed by atoms with Gasteiger partial charge in [0.2, 0.25) is 11.7 Å². The average molecular weight is 294 g/mol. The maximum Gasteiger partial charge on any atom is 0.222 e. The third-order valence-electron chi connectivity index (χ3n) is 2.79. The maximum absolute atomic E-state index is 11.5. The van der Waals surface area contributed by atoms with E-state index in [0.29, 0.717) is 36.8 Å². The Morgan fingerprint density at radius 2 is 1.81 bits per heavy atom.